The molecule has 0 spiro atoms. The zero-order valence-corrected chi connectivity index (χ0v) is 10.0. The van der Waals surface area contributed by atoms with Crippen LogP contribution in [-0.4, -0.2) is 23.3 Å². The van der Waals surface area contributed by atoms with Crippen LogP contribution in [0.3, 0.4) is 0 Å². The minimum Gasteiger partial charge on any atom is -0.481 e. The second-order valence-electron chi connectivity index (χ2n) is 5.36. The summed E-state index contributed by atoms with van der Waals surface area (Å²) in [5.74, 6) is -0.679. The molecule has 3 heteroatoms. The summed E-state index contributed by atoms with van der Waals surface area (Å²) < 4.78 is 5.66. The van der Waals surface area contributed by atoms with E-state index in [0.29, 0.717) is 6.61 Å². The molecule has 0 aromatic carbocycles. The van der Waals surface area contributed by atoms with Crippen LogP contribution in [0.5, 0.6) is 0 Å². The van der Waals surface area contributed by atoms with Crippen molar-refractivity contribution in [2.75, 3.05) is 6.61 Å². The number of carboxylic acid groups (broad SMARTS) is 1. The van der Waals surface area contributed by atoms with Gasteiger partial charge in [0.15, 0.2) is 0 Å². The number of carbonyl (C=O) groups is 1. The largest absolute Gasteiger partial charge is 0.481 e. The van der Waals surface area contributed by atoms with Crippen molar-refractivity contribution < 1.29 is 14.6 Å². The lowest BCUT2D eigenvalue weighted by atomic mass is 9.69. The highest BCUT2D eigenvalue weighted by Gasteiger charge is 2.41. The van der Waals surface area contributed by atoms with Gasteiger partial charge in [0, 0.05) is 6.61 Å². The molecule has 1 atom stereocenters. The highest BCUT2D eigenvalue weighted by molar-refractivity contribution is 5.67. The number of carboxylic acids is 1. The minimum atomic E-state index is -0.679. The summed E-state index contributed by atoms with van der Waals surface area (Å²) in [6, 6.07) is 0. The average Bonchev–Trinajstić information content (AvgIpc) is 1.99. The molecule has 1 N–H and O–H groups in total. The van der Waals surface area contributed by atoms with Crippen molar-refractivity contribution in [2.45, 2.75) is 58.5 Å². The third kappa shape index (κ3) is 3.49. The summed E-state index contributed by atoms with van der Waals surface area (Å²) in [7, 11) is 0. The zero-order valence-electron chi connectivity index (χ0n) is 10.0. The van der Waals surface area contributed by atoms with Gasteiger partial charge in [-0.25, -0.2) is 0 Å². The first-order valence-electron chi connectivity index (χ1n) is 5.75. The Morgan fingerprint density at radius 1 is 1.47 bits per heavy atom. The first kappa shape index (κ1) is 12.5. The Hall–Kier alpha value is -0.570. The predicted molar refractivity (Wildman–Crippen MR) is 58.9 cm³/mol. The van der Waals surface area contributed by atoms with E-state index in [2.05, 4.69) is 20.8 Å². The van der Waals surface area contributed by atoms with E-state index in [4.69, 9.17) is 9.84 Å². The standard InChI is InChI=1S/C12H22O3/c1-4-5-12(8-10(13)14)6-7-15-11(2,3)9-12/h4-9H2,1-3H3,(H,13,14)/t12-/m1/s1. The maximum atomic E-state index is 10.9. The fourth-order valence-electron chi connectivity index (χ4n) is 2.89. The Morgan fingerprint density at radius 2 is 2.13 bits per heavy atom. The Morgan fingerprint density at radius 3 is 2.60 bits per heavy atom. The van der Waals surface area contributed by atoms with Crippen molar-refractivity contribution in [3.63, 3.8) is 0 Å². The lowest BCUT2D eigenvalue weighted by molar-refractivity contribution is -0.148. The molecule has 1 aliphatic heterocycles. The third-order valence-corrected chi connectivity index (χ3v) is 3.23. The minimum absolute atomic E-state index is 0.0394. The predicted octanol–water partition coefficient (Wildman–Crippen LogP) is 2.84. The molecule has 88 valence electrons. The molecule has 0 amide bonds. The molecule has 1 heterocycles. The van der Waals surface area contributed by atoms with Gasteiger partial charge in [-0.15, -0.1) is 0 Å². The molecule has 0 aromatic rings. The van der Waals surface area contributed by atoms with Crippen molar-refractivity contribution in [2.24, 2.45) is 5.41 Å². The maximum absolute atomic E-state index is 10.9. The maximum Gasteiger partial charge on any atom is 0.303 e. The van der Waals surface area contributed by atoms with Crippen molar-refractivity contribution in [1.82, 2.24) is 0 Å². The first-order chi connectivity index (χ1) is 6.89. The van der Waals surface area contributed by atoms with E-state index >= 15 is 0 Å². The van der Waals surface area contributed by atoms with E-state index in [-0.39, 0.29) is 17.4 Å². The molecular formula is C12H22O3. The van der Waals surface area contributed by atoms with Gasteiger partial charge in [0.05, 0.1) is 12.0 Å². The van der Waals surface area contributed by atoms with Crippen molar-refractivity contribution >= 4 is 5.97 Å². The molecule has 1 rings (SSSR count). The molecule has 0 radical (unpaired) electrons. The van der Waals surface area contributed by atoms with E-state index in [1.165, 1.54) is 0 Å². The van der Waals surface area contributed by atoms with E-state index in [1.807, 2.05) is 0 Å². The number of hydrogen-bond acceptors (Lipinski definition) is 2. The van der Waals surface area contributed by atoms with Crippen LogP contribution in [0.1, 0.15) is 52.9 Å². The quantitative estimate of drug-likeness (QED) is 0.782. The molecule has 1 aliphatic rings. The van der Waals surface area contributed by atoms with Crippen LogP contribution < -0.4 is 0 Å². The molecule has 1 fully saturated rings. The van der Waals surface area contributed by atoms with Crippen molar-refractivity contribution in [1.29, 1.82) is 0 Å². The molecule has 0 saturated carbocycles. The Bertz CT molecular complexity index is 231. The lowest BCUT2D eigenvalue weighted by Crippen LogP contribution is -2.42. The van der Waals surface area contributed by atoms with Gasteiger partial charge in [0.2, 0.25) is 0 Å². The number of hydrogen-bond donors (Lipinski definition) is 1. The van der Waals surface area contributed by atoms with Gasteiger partial charge >= 0.3 is 5.97 Å². The molecule has 0 bridgehead atoms. The smallest absolute Gasteiger partial charge is 0.303 e. The Balaban J connectivity index is 2.75. The van der Waals surface area contributed by atoms with Crippen LogP contribution in [0, 0.1) is 5.41 Å². The van der Waals surface area contributed by atoms with Gasteiger partial charge in [0.1, 0.15) is 0 Å². The van der Waals surface area contributed by atoms with Gasteiger partial charge in [-0.2, -0.15) is 0 Å². The third-order valence-electron chi connectivity index (χ3n) is 3.23. The Labute approximate surface area is 91.8 Å². The molecule has 3 nitrogen and oxygen atoms in total. The second kappa shape index (κ2) is 4.52. The number of aliphatic carboxylic acids is 1. The van der Waals surface area contributed by atoms with E-state index in [0.717, 1.165) is 25.7 Å². The topological polar surface area (TPSA) is 46.5 Å². The van der Waals surface area contributed by atoms with E-state index in [9.17, 15) is 4.79 Å². The SMILES string of the molecule is CCC[C@]1(CC(=O)O)CCOC(C)(C)C1. The molecule has 0 aromatic heterocycles. The van der Waals surface area contributed by atoms with Gasteiger partial charge in [-0.3, -0.25) is 4.79 Å². The van der Waals surface area contributed by atoms with Crippen molar-refractivity contribution in [3.05, 3.63) is 0 Å². The molecule has 15 heavy (non-hydrogen) atoms. The second-order valence-corrected chi connectivity index (χ2v) is 5.36. The number of rotatable bonds is 4. The molecule has 1 saturated heterocycles. The van der Waals surface area contributed by atoms with Gasteiger partial charge in [0.25, 0.3) is 0 Å². The summed E-state index contributed by atoms with van der Waals surface area (Å²) in [6.45, 7) is 6.92. The van der Waals surface area contributed by atoms with Gasteiger partial charge in [-0.1, -0.05) is 13.3 Å². The fraction of sp³-hybridized carbons (Fsp3) is 0.917. The van der Waals surface area contributed by atoms with Crippen LogP contribution >= 0.6 is 0 Å². The van der Waals surface area contributed by atoms with Crippen molar-refractivity contribution in [3.8, 4) is 0 Å². The summed E-state index contributed by atoms with van der Waals surface area (Å²) >= 11 is 0. The van der Waals surface area contributed by atoms with Crippen LogP contribution in [0.4, 0.5) is 0 Å². The molecule has 0 aliphatic carbocycles. The number of ether oxygens (including phenoxy) is 1. The average molecular weight is 214 g/mol. The van der Waals surface area contributed by atoms with Crippen LogP contribution in [-0.2, 0) is 9.53 Å². The first-order valence-corrected chi connectivity index (χ1v) is 5.75. The summed E-state index contributed by atoms with van der Waals surface area (Å²) in [4.78, 5) is 10.9. The normalized spacial score (nSPS) is 30.1. The highest BCUT2D eigenvalue weighted by atomic mass is 16.5. The monoisotopic (exact) mass is 214 g/mol. The Kier molecular flexibility index (Phi) is 3.77. The fourth-order valence-corrected chi connectivity index (χ4v) is 2.89. The zero-order chi connectivity index (χ0) is 11.5. The van der Waals surface area contributed by atoms with Gasteiger partial charge < -0.3 is 9.84 Å². The molecular weight excluding hydrogens is 192 g/mol. The van der Waals surface area contributed by atoms with E-state index < -0.39 is 5.97 Å². The highest BCUT2D eigenvalue weighted by Crippen LogP contribution is 2.44. The van der Waals surface area contributed by atoms with Gasteiger partial charge in [-0.05, 0) is 38.5 Å². The summed E-state index contributed by atoms with van der Waals surface area (Å²) in [5.41, 5.74) is -0.203. The lowest BCUT2D eigenvalue weighted by Gasteiger charge is -2.44. The van der Waals surface area contributed by atoms with Crippen LogP contribution in [0.25, 0.3) is 0 Å². The van der Waals surface area contributed by atoms with E-state index in [1.54, 1.807) is 0 Å². The molecule has 0 unspecified atom stereocenters. The van der Waals surface area contributed by atoms with Crippen LogP contribution in [0.15, 0.2) is 0 Å². The summed E-state index contributed by atoms with van der Waals surface area (Å²) in [5, 5.41) is 8.99. The van der Waals surface area contributed by atoms with Crippen LogP contribution in [0.2, 0.25) is 0 Å². The summed E-state index contributed by atoms with van der Waals surface area (Å²) in [6.07, 6.45) is 4.07.